The predicted octanol–water partition coefficient (Wildman–Crippen LogP) is 3.84. The number of nitrogens with two attached hydrogens (primary N) is 1. The molecule has 2 nitrogen and oxygen atoms in total. The second kappa shape index (κ2) is 5.35. The van der Waals surface area contributed by atoms with Crippen LogP contribution in [0.1, 0.15) is 40.3 Å². The van der Waals surface area contributed by atoms with Crippen LogP contribution in [0.5, 0.6) is 5.75 Å². The first kappa shape index (κ1) is 12.7. The predicted molar refractivity (Wildman–Crippen MR) is 79.7 cm³/mol. The maximum Gasteiger partial charge on any atom is 0.122 e. The van der Waals surface area contributed by atoms with E-state index in [1.807, 2.05) is 17.4 Å². The fourth-order valence-corrected chi connectivity index (χ4v) is 3.43. The molecule has 2 aromatic rings. The Morgan fingerprint density at radius 1 is 1.26 bits per heavy atom. The molecule has 0 saturated carbocycles. The molecule has 0 unspecified atom stereocenters. The van der Waals surface area contributed by atoms with Crippen molar-refractivity contribution in [3.63, 3.8) is 0 Å². The lowest BCUT2D eigenvalue weighted by Crippen LogP contribution is -2.04. The molecule has 0 bridgehead atoms. The molecule has 1 aliphatic rings. The number of rotatable bonds is 4. The van der Waals surface area contributed by atoms with E-state index in [1.54, 1.807) is 0 Å². The van der Waals surface area contributed by atoms with E-state index < -0.39 is 0 Å². The largest absolute Gasteiger partial charge is 0.488 e. The third-order valence-electron chi connectivity index (χ3n) is 3.69. The van der Waals surface area contributed by atoms with Crippen LogP contribution in [-0.4, -0.2) is 0 Å². The first-order valence-electron chi connectivity index (χ1n) is 6.85. The monoisotopic (exact) mass is 273 g/mol. The van der Waals surface area contributed by atoms with Crippen LogP contribution in [0.15, 0.2) is 30.3 Å². The van der Waals surface area contributed by atoms with Gasteiger partial charge in [0.05, 0.1) is 0 Å². The molecule has 0 amide bonds. The number of aryl methyl sites for hydroxylation is 2. The van der Waals surface area contributed by atoms with Crippen molar-refractivity contribution in [3.05, 3.63) is 51.2 Å². The summed E-state index contributed by atoms with van der Waals surface area (Å²) in [4.78, 5) is 2.70. The Bertz CT molecular complexity index is 576. The van der Waals surface area contributed by atoms with Gasteiger partial charge in [0.25, 0.3) is 0 Å². The standard InChI is InChI=1S/C16H19NOS/c1-2-13-5-6-14(19-13)10-18-12-4-7-15-11(9-12)3-8-16(15)17/h4-7,9,16H,2-3,8,10,17H2,1H3/t16-/m1/s1. The Kier molecular flexibility index (Phi) is 3.58. The zero-order valence-electron chi connectivity index (χ0n) is 11.2. The van der Waals surface area contributed by atoms with Crippen molar-refractivity contribution in [1.29, 1.82) is 0 Å². The van der Waals surface area contributed by atoms with Crippen molar-refractivity contribution in [2.24, 2.45) is 5.73 Å². The summed E-state index contributed by atoms with van der Waals surface area (Å²) in [5.74, 6) is 0.958. The smallest absolute Gasteiger partial charge is 0.122 e. The average Bonchev–Trinajstić information content (AvgIpc) is 3.03. The van der Waals surface area contributed by atoms with Crippen molar-refractivity contribution in [1.82, 2.24) is 0 Å². The van der Waals surface area contributed by atoms with Gasteiger partial charge in [0.1, 0.15) is 12.4 Å². The van der Waals surface area contributed by atoms with Gasteiger partial charge in [0.15, 0.2) is 0 Å². The Labute approximate surface area is 118 Å². The third-order valence-corrected chi connectivity index (χ3v) is 4.89. The number of benzene rings is 1. The molecule has 3 rings (SSSR count). The summed E-state index contributed by atoms with van der Waals surface area (Å²) in [5.41, 5.74) is 8.68. The minimum Gasteiger partial charge on any atom is -0.488 e. The first-order valence-corrected chi connectivity index (χ1v) is 7.66. The molecule has 100 valence electrons. The fraction of sp³-hybridized carbons (Fsp3) is 0.375. The van der Waals surface area contributed by atoms with Crippen molar-refractivity contribution in [3.8, 4) is 5.75 Å². The maximum absolute atomic E-state index is 6.04. The van der Waals surface area contributed by atoms with Crippen LogP contribution in [0.2, 0.25) is 0 Å². The van der Waals surface area contributed by atoms with Gasteiger partial charge >= 0.3 is 0 Å². The average molecular weight is 273 g/mol. The molecular weight excluding hydrogens is 254 g/mol. The molecule has 1 aromatic carbocycles. The highest BCUT2D eigenvalue weighted by molar-refractivity contribution is 7.11. The molecule has 0 saturated heterocycles. The van der Waals surface area contributed by atoms with Gasteiger partial charge in [-0.3, -0.25) is 0 Å². The second-order valence-corrected chi connectivity index (χ2v) is 6.27. The molecule has 1 aliphatic carbocycles. The van der Waals surface area contributed by atoms with Gasteiger partial charge in [0, 0.05) is 15.8 Å². The minimum atomic E-state index is 0.216. The molecule has 2 N–H and O–H groups in total. The van der Waals surface area contributed by atoms with E-state index in [1.165, 1.54) is 20.9 Å². The quantitative estimate of drug-likeness (QED) is 0.918. The van der Waals surface area contributed by atoms with E-state index in [4.69, 9.17) is 10.5 Å². The van der Waals surface area contributed by atoms with Gasteiger partial charge in [-0.05, 0) is 54.7 Å². The van der Waals surface area contributed by atoms with Gasteiger partial charge in [-0.25, -0.2) is 0 Å². The minimum absolute atomic E-state index is 0.216. The summed E-state index contributed by atoms with van der Waals surface area (Å²) < 4.78 is 5.88. The summed E-state index contributed by atoms with van der Waals surface area (Å²) in [7, 11) is 0. The number of ether oxygens (including phenoxy) is 1. The second-order valence-electron chi connectivity index (χ2n) is 5.02. The van der Waals surface area contributed by atoms with E-state index >= 15 is 0 Å². The van der Waals surface area contributed by atoms with Crippen LogP contribution in [0.4, 0.5) is 0 Å². The van der Waals surface area contributed by atoms with E-state index in [-0.39, 0.29) is 6.04 Å². The maximum atomic E-state index is 6.04. The van der Waals surface area contributed by atoms with Crippen LogP contribution >= 0.6 is 11.3 Å². The molecule has 1 atom stereocenters. The summed E-state index contributed by atoms with van der Waals surface area (Å²) in [6, 6.07) is 10.9. The molecule has 0 fully saturated rings. The van der Waals surface area contributed by atoms with E-state index in [9.17, 15) is 0 Å². The third kappa shape index (κ3) is 2.67. The Hall–Kier alpha value is -1.32. The van der Waals surface area contributed by atoms with Crippen molar-refractivity contribution < 1.29 is 4.74 Å². The number of fused-ring (bicyclic) bond motifs is 1. The summed E-state index contributed by atoms with van der Waals surface area (Å²) in [6.07, 6.45) is 3.23. The Morgan fingerprint density at radius 2 is 2.11 bits per heavy atom. The van der Waals surface area contributed by atoms with Crippen LogP contribution < -0.4 is 10.5 Å². The topological polar surface area (TPSA) is 35.2 Å². The number of hydrogen-bond donors (Lipinski definition) is 1. The van der Waals surface area contributed by atoms with Gasteiger partial charge in [0.2, 0.25) is 0 Å². The fourth-order valence-electron chi connectivity index (χ4n) is 2.56. The highest BCUT2D eigenvalue weighted by Crippen LogP contribution is 2.32. The lowest BCUT2D eigenvalue weighted by Gasteiger charge is -2.08. The summed E-state index contributed by atoms with van der Waals surface area (Å²) in [6.45, 7) is 2.84. The van der Waals surface area contributed by atoms with E-state index in [2.05, 4.69) is 31.2 Å². The molecule has 1 aromatic heterocycles. The number of hydrogen-bond acceptors (Lipinski definition) is 3. The summed E-state index contributed by atoms with van der Waals surface area (Å²) in [5, 5.41) is 0. The lowest BCUT2D eigenvalue weighted by molar-refractivity contribution is 0.309. The van der Waals surface area contributed by atoms with Crippen molar-refractivity contribution in [2.75, 3.05) is 0 Å². The van der Waals surface area contributed by atoms with E-state index in [0.29, 0.717) is 6.61 Å². The highest BCUT2D eigenvalue weighted by atomic mass is 32.1. The normalized spacial score (nSPS) is 17.5. The molecule has 3 heteroatoms. The number of thiophene rings is 1. The van der Waals surface area contributed by atoms with Crippen LogP contribution in [0, 0.1) is 0 Å². The molecule has 0 radical (unpaired) electrons. The van der Waals surface area contributed by atoms with Crippen molar-refractivity contribution >= 4 is 11.3 Å². The van der Waals surface area contributed by atoms with E-state index in [0.717, 1.165) is 25.0 Å². The van der Waals surface area contributed by atoms with Gasteiger partial charge in [-0.1, -0.05) is 13.0 Å². The molecule has 0 aliphatic heterocycles. The van der Waals surface area contributed by atoms with Gasteiger partial charge < -0.3 is 10.5 Å². The Balaban J connectivity index is 1.67. The van der Waals surface area contributed by atoms with Gasteiger partial charge in [-0.2, -0.15) is 0 Å². The molecule has 0 spiro atoms. The van der Waals surface area contributed by atoms with Crippen LogP contribution in [-0.2, 0) is 19.4 Å². The summed E-state index contributed by atoms with van der Waals surface area (Å²) >= 11 is 1.83. The highest BCUT2D eigenvalue weighted by Gasteiger charge is 2.19. The van der Waals surface area contributed by atoms with Gasteiger partial charge in [-0.15, -0.1) is 11.3 Å². The SMILES string of the molecule is CCc1ccc(COc2ccc3c(c2)CC[C@H]3N)s1. The first-order chi connectivity index (χ1) is 9.26. The molecular formula is C16H19NOS. The Morgan fingerprint density at radius 3 is 2.89 bits per heavy atom. The lowest BCUT2D eigenvalue weighted by atomic mass is 10.1. The zero-order valence-corrected chi connectivity index (χ0v) is 12.0. The van der Waals surface area contributed by atoms with Crippen molar-refractivity contribution in [2.45, 2.75) is 38.8 Å². The zero-order chi connectivity index (χ0) is 13.2. The van der Waals surface area contributed by atoms with Crippen LogP contribution in [0.25, 0.3) is 0 Å². The molecule has 19 heavy (non-hydrogen) atoms. The van der Waals surface area contributed by atoms with Crippen LogP contribution in [0.3, 0.4) is 0 Å². The molecule has 1 heterocycles.